The Labute approximate surface area is 278 Å². The van der Waals surface area contributed by atoms with Crippen LogP contribution in [0.4, 0.5) is 25.7 Å². The van der Waals surface area contributed by atoms with E-state index in [0.29, 0.717) is 29.4 Å². The minimum absolute atomic E-state index is 0. The Hall–Kier alpha value is -5.17. The molecule has 0 bridgehead atoms. The third-order valence-electron chi connectivity index (χ3n) is 7.83. The van der Waals surface area contributed by atoms with E-state index in [2.05, 4.69) is 36.6 Å². The Morgan fingerprint density at radius 1 is 1.06 bits per heavy atom. The predicted molar refractivity (Wildman–Crippen MR) is 185 cm³/mol. The number of halogens is 1. The molecule has 47 heavy (non-hydrogen) atoms. The summed E-state index contributed by atoms with van der Waals surface area (Å²) >= 11 is 1.33. The van der Waals surface area contributed by atoms with Crippen molar-refractivity contribution in [1.82, 2.24) is 20.3 Å². The summed E-state index contributed by atoms with van der Waals surface area (Å²) in [5, 5.41) is 6.05. The average Bonchev–Trinajstić information content (AvgIpc) is 3.79. The van der Waals surface area contributed by atoms with Crippen molar-refractivity contribution >= 4 is 45.6 Å². The van der Waals surface area contributed by atoms with Crippen LogP contribution in [0.2, 0.25) is 0 Å². The number of amides is 3. The summed E-state index contributed by atoms with van der Waals surface area (Å²) in [6, 6.07) is 9.89. The van der Waals surface area contributed by atoms with Gasteiger partial charge in [-0.2, -0.15) is 0 Å². The monoisotopic (exact) mass is 658 g/mol. The van der Waals surface area contributed by atoms with Crippen LogP contribution in [-0.4, -0.2) is 39.3 Å². The topological polar surface area (TPSA) is 148 Å². The maximum absolute atomic E-state index is 15.0. The molecule has 6 rings (SSSR count). The highest BCUT2D eigenvalue weighted by atomic mass is 32.1. The first kappa shape index (κ1) is 31.8. The van der Waals surface area contributed by atoms with Crippen molar-refractivity contribution in [3.63, 3.8) is 0 Å². The Morgan fingerprint density at radius 3 is 2.57 bits per heavy atom. The maximum atomic E-state index is 15.0. The normalized spacial score (nSPS) is 15.1. The van der Waals surface area contributed by atoms with E-state index in [0.717, 1.165) is 36.2 Å². The van der Waals surface area contributed by atoms with E-state index < -0.39 is 11.8 Å². The highest BCUT2D eigenvalue weighted by molar-refractivity contribution is 7.19. The number of hydrogen-bond acceptors (Lipinski definition) is 9. The zero-order valence-corrected chi connectivity index (χ0v) is 27.2. The fraction of sp³-hybridized carbons (Fsp3) is 0.294. The van der Waals surface area contributed by atoms with Gasteiger partial charge in [0.1, 0.15) is 5.84 Å². The third kappa shape index (κ3) is 7.63. The van der Waals surface area contributed by atoms with E-state index in [-0.39, 0.29) is 37.5 Å². The molecule has 1 saturated heterocycles. The fourth-order valence-corrected chi connectivity index (χ4v) is 6.10. The molecule has 1 fully saturated rings. The molecule has 246 valence electrons. The van der Waals surface area contributed by atoms with E-state index in [4.69, 9.17) is 10.5 Å². The van der Waals surface area contributed by atoms with Gasteiger partial charge in [-0.3, -0.25) is 15.0 Å². The van der Waals surface area contributed by atoms with Gasteiger partial charge >= 0.3 is 12.0 Å². The zero-order chi connectivity index (χ0) is 33.1. The molecule has 2 aromatic carbocycles. The van der Waals surface area contributed by atoms with Crippen molar-refractivity contribution in [3.8, 4) is 22.2 Å². The number of nitrogens with two attached hydrogens (primary N) is 1. The summed E-state index contributed by atoms with van der Waals surface area (Å²) in [4.78, 5) is 44.6. The smallest absolute Gasteiger partial charge is 0.324 e. The summed E-state index contributed by atoms with van der Waals surface area (Å²) in [6.45, 7) is 6.57. The minimum atomic E-state index is -0.613. The van der Waals surface area contributed by atoms with Crippen molar-refractivity contribution in [2.75, 3.05) is 16.8 Å². The number of benzene rings is 2. The largest absolute Gasteiger partial charge is 0.421 e. The van der Waals surface area contributed by atoms with Gasteiger partial charge in [0.2, 0.25) is 5.91 Å². The maximum Gasteiger partial charge on any atom is 0.324 e. The molecule has 0 radical (unpaired) electrons. The lowest BCUT2D eigenvalue weighted by Gasteiger charge is -2.19. The average molecular weight is 659 g/mol. The van der Waals surface area contributed by atoms with Gasteiger partial charge in [0.25, 0.3) is 0 Å². The Balaban J connectivity index is 0.00000270. The fourth-order valence-electron chi connectivity index (χ4n) is 5.15. The standard InChI is InChI=1S/C34H35FN8O3S.2H2/c1-34(2,3)28(36)16-29(40-23-11-9-20-6-4-7-21(20)14-23)42-31(45)41-24-17-37-32(38-18-24)46-26-12-10-22(15-25(26)35)27-19-39-33(47-27)43-13-5-8-30(43)44;;/h9-12,14-19H,4-8,13,36H2,1-3H3,(H2,40,41,42,45);2*1H/b28-16-;;. The number of hydrogen-bond donors (Lipinski definition) is 3. The van der Waals surface area contributed by atoms with Crippen molar-refractivity contribution in [3.05, 3.63) is 83.7 Å². The molecule has 0 saturated carbocycles. The molecule has 0 atom stereocenters. The number of anilines is 2. The number of fused-ring (bicyclic) bond motifs is 1. The first-order valence-corrected chi connectivity index (χ1v) is 16.2. The first-order valence-electron chi connectivity index (χ1n) is 15.3. The summed E-state index contributed by atoms with van der Waals surface area (Å²) < 4.78 is 20.6. The quantitative estimate of drug-likeness (QED) is 0.139. The Morgan fingerprint density at radius 2 is 1.85 bits per heavy atom. The number of rotatable bonds is 7. The van der Waals surface area contributed by atoms with Crippen LogP contribution in [0.15, 0.2) is 71.8 Å². The number of aromatic nitrogens is 3. The molecule has 1 aliphatic heterocycles. The van der Waals surface area contributed by atoms with Crippen LogP contribution in [-0.2, 0) is 17.6 Å². The van der Waals surface area contributed by atoms with Gasteiger partial charge in [-0.25, -0.2) is 29.1 Å². The molecular formula is C34H39FN8O3S. The SMILES string of the molecule is CC(C)(C)/C(N)=C/C(=Nc1ccc2c(c1)CCC2)NC(=O)Nc1cnc(Oc2ccc(-c3cnc(N4CCCC4=O)s3)cc2F)nc1.[HH].[HH]. The molecule has 0 spiro atoms. The number of amidine groups is 1. The van der Waals surface area contributed by atoms with Gasteiger partial charge in [-0.15, -0.1) is 0 Å². The summed E-state index contributed by atoms with van der Waals surface area (Å²) in [5.41, 5.74) is 10.7. The number of thiazole rings is 1. The summed E-state index contributed by atoms with van der Waals surface area (Å²) in [5.74, 6) is -0.350. The lowest BCUT2D eigenvalue weighted by Crippen LogP contribution is -2.34. The summed E-state index contributed by atoms with van der Waals surface area (Å²) in [7, 11) is 0. The highest BCUT2D eigenvalue weighted by Crippen LogP contribution is 2.35. The van der Waals surface area contributed by atoms with Crippen molar-refractivity contribution in [2.45, 2.75) is 52.9 Å². The molecule has 4 N–H and O–H groups in total. The number of ether oxygens (including phenoxy) is 1. The summed E-state index contributed by atoms with van der Waals surface area (Å²) in [6.07, 6.45) is 10.5. The van der Waals surface area contributed by atoms with Crippen LogP contribution in [0.3, 0.4) is 0 Å². The molecule has 11 nitrogen and oxygen atoms in total. The molecule has 4 aromatic rings. The van der Waals surface area contributed by atoms with E-state index in [1.807, 2.05) is 32.9 Å². The van der Waals surface area contributed by atoms with Crippen molar-refractivity contribution < 1.29 is 21.6 Å². The molecule has 1 aliphatic carbocycles. The molecule has 3 heterocycles. The molecule has 3 amide bonds. The van der Waals surface area contributed by atoms with Crippen molar-refractivity contribution in [2.24, 2.45) is 16.1 Å². The predicted octanol–water partition coefficient (Wildman–Crippen LogP) is 7.38. The van der Waals surface area contributed by atoms with E-state index >= 15 is 0 Å². The van der Waals surface area contributed by atoms with Crippen molar-refractivity contribution in [1.29, 1.82) is 0 Å². The van der Waals surface area contributed by atoms with Crippen LogP contribution in [0.25, 0.3) is 10.4 Å². The van der Waals surface area contributed by atoms with E-state index in [9.17, 15) is 14.0 Å². The van der Waals surface area contributed by atoms with Gasteiger partial charge in [0.15, 0.2) is 16.7 Å². The second kappa shape index (κ2) is 13.3. The molecule has 0 unspecified atom stereocenters. The second-order valence-corrected chi connectivity index (χ2v) is 13.4. The van der Waals surface area contributed by atoms with Crippen LogP contribution in [0.1, 0.15) is 54.0 Å². The Bertz CT molecular complexity index is 1890. The van der Waals surface area contributed by atoms with Gasteiger partial charge in [0.05, 0.1) is 28.6 Å². The van der Waals surface area contributed by atoms with Crippen LogP contribution in [0, 0.1) is 11.2 Å². The van der Waals surface area contributed by atoms with Gasteiger partial charge in [0, 0.05) is 39.2 Å². The second-order valence-electron chi connectivity index (χ2n) is 12.4. The van der Waals surface area contributed by atoms with E-state index in [1.54, 1.807) is 23.2 Å². The molecule has 2 aromatic heterocycles. The lowest BCUT2D eigenvalue weighted by atomic mass is 9.92. The third-order valence-corrected chi connectivity index (χ3v) is 8.90. The molecule has 13 heteroatoms. The lowest BCUT2D eigenvalue weighted by molar-refractivity contribution is -0.117. The number of carbonyl (C=O) groups excluding carboxylic acids is 2. The minimum Gasteiger partial charge on any atom is -0.421 e. The van der Waals surface area contributed by atoms with Gasteiger partial charge in [-0.05, 0) is 72.7 Å². The first-order chi connectivity index (χ1) is 22.5. The highest BCUT2D eigenvalue weighted by Gasteiger charge is 2.24. The Kier molecular flexibility index (Phi) is 8.99. The zero-order valence-electron chi connectivity index (χ0n) is 26.3. The van der Waals surface area contributed by atoms with Gasteiger partial charge in [-0.1, -0.05) is 38.2 Å². The van der Waals surface area contributed by atoms with Gasteiger partial charge < -0.3 is 15.8 Å². The van der Waals surface area contributed by atoms with Crippen LogP contribution >= 0.6 is 11.3 Å². The number of nitrogens with zero attached hydrogens (tertiary/aromatic N) is 5. The number of aryl methyl sites for hydroxylation is 2. The number of carbonyl (C=O) groups is 2. The van der Waals surface area contributed by atoms with Crippen LogP contribution in [0.5, 0.6) is 11.8 Å². The number of urea groups is 1. The number of nitrogens with one attached hydrogen (secondary N) is 2. The van der Waals surface area contributed by atoms with Crippen LogP contribution < -0.4 is 26.0 Å². The van der Waals surface area contributed by atoms with E-state index in [1.165, 1.54) is 47.0 Å². The number of aliphatic imine (C=N–C) groups is 1. The number of allylic oxidation sites excluding steroid dienone is 1. The molecular weight excluding hydrogens is 619 g/mol. The molecule has 2 aliphatic rings.